The van der Waals surface area contributed by atoms with Crippen molar-refractivity contribution in [2.24, 2.45) is 0 Å². The van der Waals surface area contributed by atoms with Crippen molar-refractivity contribution in [3.05, 3.63) is 55.9 Å². The van der Waals surface area contributed by atoms with Crippen LogP contribution in [0.2, 0.25) is 5.02 Å². The van der Waals surface area contributed by atoms with Crippen LogP contribution in [-0.4, -0.2) is 14.9 Å². The quantitative estimate of drug-likeness (QED) is 0.926. The molecule has 4 nitrogen and oxygen atoms in total. The minimum absolute atomic E-state index is 0.211. The van der Waals surface area contributed by atoms with E-state index in [1.807, 2.05) is 24.3 Å². The van der Waals surface area contributed by atoms with Gasteiger partial charge in [0.15, 0.2) is 10.8 Å². The molecule has 6 heteroatoms. The smallest absolute Gasteiger partial charge is 0.289 e. The molecule has 0 unspecified atom stereocenters. The molecule has 2 rings (SSSR count). The van der Waals surface area contributed by atoms with E-state index in [9.17, 15) is 9.90 Å². The summed E-state index contributed by atoms with van der Waals surface area (Å²) < 4.78 is 2.16. The normalized spacial score (nSPS) is 10.5. The van der Waals surface area contributed by atoms with Crippen molar-refractivity contribution < 1.29 is 5.11 Å². The molecule has 1 aromatic carbocycles. The Balaban J connectivity index is 2.34. The molecule has 0 aliphatic carbocycles. The van der Waals surface area contributed by atoms with Crippen molar-refractivity contribution in [2.45, 2.75) is 6.54 Å². The lowest BCUT2D eigenvalue weighted by atomic mass is 10.2. The van der Waals surface area contributed by atoms with Gasteiger partial charge in [0.05, 0.1) is 12.7 Å². The zero-order valence-electron chi connectivity index (χ0n) is 8.60. The number of aromatic nitrogens is 2. The molecule has 0 fully saturated rings. The number of hydrogen-bond donors (Lipinski definition) is 1. The molecule has 0 saturated heterocycles. The monoisotopic (exact) mass is 314 g/mol. The minimum atomic E-state index is -0.505. The maximum atomic E-state index is 11.7. The third-order valence-corrected chi connectivity index (χ3v) is 3.10. The first kappa shape index (κ1) is 12.1. The molecule has 2 aromatic rings. The van der Waals surface area contributed by atoms with E-state index in [1.54, 1.807) is 0 Å². The van der Waals surface area contributed by atoms with E-state index < -0.39 is 5.56 Å². The predicted octanol–water partition coefficient (Wildman–Crippen LogP) is 2.41. The fourth-order valence-electron chi connectivity index (χ4n) is 1.33. The maximum absolute atomic E-state index is 11.7. The fourth-order valence-corrected chi connectivity index (χ4v) is 1.74. The van der Waals surface area contributed by atoms with Crippen molar-refractivity contribution in [1.29, 1.82) is 0 Å². The molecule has 0 aliphatic rings. The molecule has 0 spiro atoms. The Bertz CT molecular complexity index is 595. The van der Waals surface area contributed by atoms with Crippen molar-refractivity contribution in [3.63, 3.8) is 0 Å². The number of halogens is 2. The summed E-state index contributed by atoms with van der Waals surface area (Å²) in [6.07, 6.45) is 1.16. The number of hydrogen-bond acceptors (Lipinski definition) is 3. The second kappa shape index (κ2) is 4.89. The highest BCUT2D eigenvalue weighted by Crippen LogP contribution is 2.16. The fraction of sp³-hybridized carbons (Fsp3) is 0.0909. The van der Waals surface area contributed by atoms with Gasteiger partial charge in [-0.3, -0.25) is 4.79 Å². The van der Waals surface area contributed by atoms with Gasteiger partial charge in [-0.1, -0.05) is 39.7 Å². The summed E-state index contributed by atoms with van der Waals surface area (Å²) >= 11 is 8.97. The second-order valence-electron chi connectivity index (χ2n) is 3.43. The average molecular weight is 316 g/mol. The summed E-state index contributed by atoms with van der Waals surface area (Å²) in [4.78, 5) is 11.7. The Hall–Kier alpha value is -1.33. The van der Waals surface area contributed by atoms with Gasteiger partial charge in [-0.2, -0.15) is 5.10 Å². The summed E-state index contributed by atoms with van der Waals surface area (Å²) in [6, 6.07) is 7.50. The molecule has 0 amide bonds. The SMILES string of the molecule is O=c1c(Cl)c(O)cnn1Cc1ccc(Br)cc1. The predicted molar refractivity (Wildman–Crippen MR) is 68.4 cm³/mol. The Morgan fingerprint density at radius 3 is 2.65 bits per heavy atom. The van der Waals surface area contributed by atoms with Crippen LogP contribution >= 0.6 is 27.5 Å². The van der Waals surface area contributed by atoms with Crippen LogP contribution in [-0.2, 0) is 6.54 Å². The van der Waals surface area contributed by atoms with Crippen molar-refractivity contribution in [2.75, 3.05) is 0 Å². The third kappa shape index (κ3) is 2.68. The lowest BCUT2D eigenvalue weighted by Gasteiger charge is -2.05. The Morgan fingerprint density at radius 2 is 2.00 bits per heavy atom. The van der Waals surface area contributed by atoms with Gasteiger partial charge >= 0.3 is 0 Å². The summed E-state index contributed by atoms with van der Waals surface area (Å²) in [5, 5.41) is 12.8. The van der Waals surface area contributed by atoms with Crippen LogP contribution in [0.15, 0.2) is 39.7 Å². The van der Waals surface area contributed by atoms with Gasteiger partial charge in [0, 0.05) is 4.47 Å². The minimum Gasteiger partial charge on any atom is -0.505 e. The third-order valence-electron chi connectivity index (χ3n) is 2.21. The first-order chi connectivity index (χ1) is 8.08. The molecule has 0 atom stereocenters. The Morgan fingerprint density at radius 1 is 1.35 bits per heavy atom. The number of rotatable bonds is 2. The van der Waals surface area contributed by atoms with Crippen LogP contribution in [0.1, 0.15) is 5.56 Å². The molecule has 0 saturated carbocycles. The van der Waals surface area contributed by atoms with E-state index in [-0.39, 0.29) is 10.8 Å². The van der Waals surface area contributed by atoms with Crippen LogP contribution in [0.25, 0.3) is 0 Å². The molecule has 1 N–H and O–H groups in total. The molecule has 0 radical (unpaired) electrons. The van der Waals surface area contributed by atoms with Crippen molar-refractivity contribution >= 4 is 27.5 Å². The zero-order valence-corrected chi connectivity index (χ0v) is 10.9. The highest BCUT2D eigenvalue weighted by molar-refractivity contribution is 9.10. The standard InChI is InChI=1S/C11H8BrClN2O2/c12-8-3-1-7(2-4-8)6-15-11(17)10(13)9(16)5-14-15/h1-5,16H,6H2. The summed E-state index contributed by atoms with van der Waals surface area (Å²) in [6.45, 7) is 0.312. The number of benzene rings is 1. The van der Waals surface area contributed by atoms with Crippen LogP contribution in [0.4, 0.5) is 0 Å². The van der Waals surface area contributed by atoms with E-state index in [0.29, 0.717) is 6.54 Å². The highest BCUT2D eigenvalue weighted by Gasteiger charge is 2.08. The van der Waals surface area contributed by atoms with E-state index >= 15 is 0 Å². The maximum Gasteiger partial charge on any atom is 0.289 e. The van der Waals surface area contributed by atoms with Crippen molar-refractivity contribution in [1.82, 2.24) is 9.78 Å². The first-order valence-corrected chi connectivity index (χ1v) is 5.94. The van der Waals surface area contributed by atoms with Gasteiger partial charge in [-0.05, 0) is 17.7 Å². The van der Waals surface area contributed by atoms with Crippen LogP contribution in [0.5, 0.6) is 5.75 Å². The van der Waals surface area contributed by atoms with Crippen LogP contribution in [0.3, 0.4) is 0 Å². The first-order valence-electron chi connectivity index (χ1n) is 4.77. The number of aromatic hydroxyl groups is 1. The summed E-state index contributed by atoms with van der Waals surface area (Å²) in [5.74, 6) is -0.302. The van der Waals surface area contributed by atoms with Gasteiger partial charge in [0.1, 0.15) is 0 Å². The number of nitrogens with zero attached hydrogens (tertiary/aromatic N) is 2. The van der Waals surface area contributed by atoms with Crippen LogP contribution < -0.4 is 5.56 Å². The van der Waals surface area contributed by atoms with E-state index in [0.717, 1.165) is 16.2 Å². The second-order valence-corrected chi connectivity index (χ2v) is 4.73. The van der Waals surface area contributed by atoms with Gasteiger partial charge in [-0.25, -0.2) is 4.68 Å². The molecular weight excluding hydrogens is 307 g/mol. The van der Waals surface area contributed by atoms with Crippen molar-refractivity contribution in [3.8, 4) is 5.75 Å². The molecule has 1 aromatic heterocycles. The molecule has 1 heterocycles. The Kier molecular flexibility index (Phi) is 3.49. The summed E-state index contributed by atoms with van der Waals surface area (Å²) in [5.41, 5.74) is 0.416. The molecular formula is C11H8BrClN2O2. The molecule has 17 heavy (non-hydrogen) atoms. The lowest BCUT2D eigenvalue weighted by molar-refractivity contribution is 0.462. The molecule has 0 aliphatic heterocycles. The van der Waals surface area contributed by atoms with Crippen LogP contribution in [0, 0.1) is 0 Å². The summed E-state index contributed by atoms with van der Waals surface area (Å²) in [7, 11) is 0. The average Bonchev–Trinajstić information content (AvgIpc) is 2.33. The van der Waals surface area contributed by atoms with E-state index in [4.69, 9.17) is 11.6 Å². The van der Waals surface area contributed by atoms with E-state index in [1.165, 1.54) is 4.68 Å². The highest BCUT2D eigenvalue weighted by atomic mass is 79.9. The largest absolute Gasteiger partial charge is 0.505 e. The zero-order chi connectivity index (χ0) is 12.4. The van der Waals surface area contributed by atoms with Gasteiger partial charge in [0.2, 0.25) is 0 Å². The molecule has 0 bridgehead atoms. The van der Waals surface area contributed by atoms with Gasteiger partial charge in [0.25, 0.3) is 5.56 Å². The lowest BCUT2D eigenvalue weighted by Crippen LogP contribution is -2.23. The van der Waals surface area contributed by atoms with Gasteiger partial charge < -0.3 is 5.11 Å². The van der Waals surface area contributed by atoms with E-state index in [2.05, 4.69) is 21.0 Å². The Labute approximate surface area is 111 Å². The van der Waals surface area contributed by atoms with Gasteiger partial charge in [-0.15, -0.1) is 0 Å². The topological polar surface area (TPSA) is 55.1 Å². The molecule has 88 valence electrons.